The Balaban J connectivity index is 2.11. The maximum Gasteiger partial charge on any atom is 0.283 e. The molecule has 0 radical (unpaired) electrons. The Bertz CT molecular complexity index is 664. The highest BCUT2D eigenvalue weighted by atomic mass is 35.5. The lowest BCUT2D eigenvalue weighted by Gasteiger charge is -2.04. The van der Waals surface area contributed by atoms with Crippen LogP contribution in [0.25, 0.3) is 0 Å². The third-order valence-electron chi connectivity index (χ3n) is 2.93. The highest BCUT2D eigenvalue weighted by Gasteiger charge is 2.21. The number of nitrogens with one attached hydrogen (secondary N) is 1. The molecule has 0 aliphatic rings. The van der Waals surface area contributed by atoms with E-state index < -0.39 is 18.0 Å². The van der Waals surface area contributed by atoms with Gasteiger partial charge in [0.1, 0.15) is 12.2 Å². The number of alkyl halides is 2. The zero-order valence-electron chi connectivity index (χ0n) is 11.6. The third-order valence-corrected chi connectivity index (χ3v) is 4.39. The van der Waals surface area contributed by atoms with E-state index in [1.165, 1.54) is 18.3 Å². The number of carbonyl (C=O) groups is 1. The number of anilines is 1. The van der Waals surface area contributed by atoms with Gasteiger partial charge in [-0.3, -0.25) is 9.48 Å². The zero-order valence-corrected chi connectivity index (χ0v) is 13.1. The van der Waals surface area contributed by atoms with Crippen LogP contribution in [0.5, 0.6) is 0 Å². The van der Waals surface area contributed by atoms with E-state index in [1.807, 2.05) is 13.8 Å². The maximum atomic E-state index is 12.7. The zero-order chi connectivity index (χ0) is 15.7. The van der Waals surface area contributed by atoms with Gasteiger partial charge in [-0.2, -0.15) is 5.10 Å². The lowest BCUT2D eigenvalue weighted by atomic mass is 10.4. The molecule has 0 aromatic carbocycles. The van der Waals surface area contributed by atoms with Crippen LogP contribution in [0.4, 0.5) is 13.9 Å². The SMILES string of the molecule is Cc1nc(NC(=O)Cn2nc(C(F)F)c(Cl)c2C)sc1C. The molecule has 1 amide bonds. The number of carbonyl (C=O) groups excluding carboxylic acids is 1. The molecule has 2 aromatic heterocycles. The predicted octanol–water partition coefficient (Wildman–Crippen LogP) is 3.49. The predicted molar refractivity (Wildman–Crippen MR) is 77.1 cm³/mol. The second-order valence-corrected chi connectivity index (χ2v) is 6.03. The Hall–Kier alpha value is -1.54. The fraction of sp³-hybridized carbons (Fsp3) is 0.417. The molecule has 0 fully saturated rings. The summed E-state index contributed by atoms with van der Waals surface area (Å²) in [6.07, 6.45) is -2.77. The van der Waals surface area contributed by atoms with E-state index in [2.05, 4.69) is 15.4 Å². The van der Waals surface area contributed by atoms with E-state index in [9.17, 15) is 13.6 Å². The second kappa shape index (κ2) is 6.07. The minimum absolute atomic E-state index is 0.112. The lowest BCUT2D eigenvalue weighted by Crippen LogP contribution is -2.20. The molecular weight excluding hydrogens is 322 g/mol. The van der Waals surface area contributed by atoms with Crippen LogP contribution in [-0.4, -0.2) is 20.7 Å². The molecule has 9 heteroatoms. The quantitative estimate of drug-likeness (QED) is 0.931. The first-order chi connectivity index (χ1) is 9.79. The van der Waals surface area contributed by atoms with Gasteiger partial charge >= 0.3 is 0 Å². The van der Waals surface area contributed by atoms with Crippen molar-refractivity contribution in [1.29, 1.82) is 0 Å². The molecule has 0 spiro atoms. The number of hydrogen-bond donors (Lipinski definition) is 1. The van der Waals surface area contributed by atoms with Gasteiger partial charge < -0.3 is 5.32 Å². The first kappa shape index (κ1) is 15.8. The average Bonchev–Trinajstić information content (AvgIpc) is 2.83. The number of nitrogens with zero attached hydrogens (tertiary/aromatic N) is 3. The standard InChI is InChI=1S/C12H13ClF2N4OS/c1-5-7(3)21-12(16-5)17-8(20)4-19-6(2)9(13)10(18-19)11(14)15/h11H,4H2,1-3H3,(H,16,17,20). The number of aromatic nitrogens is 3. The molecule has 5 nitrogen and oxygen atoms in total. The Labute approximate surface area is 128 Å². The molecule has 1 N–H and O–H groups in total. The average molecular weight is 335 g/mol. The van der Waals surface area contributed by atoms with Gasteiger partial charge in [0.2, 0.25) is 5.91 Å². The van der Waals surface area contributed by atoms with Crippen LogP contribution < -0.4 is 5.32 Å². The smallest absolute Gasteiger partial charge is 0.283 e. The van der Waals surface area contributed by atoms with Crippen molar-refractivity contribution < 1.29 is 13.6 Å². The molecule has 114 valence electrons. The molecular formula is C12H13ClF2N4OS. The van der Waals surface area contributed by atoms with Crippen molar-refractivity contribution in [2.75, 3.05) is 5.32 Å². The van der Waals surface area contributed by atoms with Crippen molar-refractivity contribution in [2.24, 2.45) is 0 Å². The number of amides is 1. The Morgan fingerprint density at radius 2 is 2.10 bits per heavy atom. The summed E-state index contributed by atoms with van der Waals surface area (Å²) < 4.78 is 26.5. The first-order valence-electron chi connectivity index (χ1n) is 6.04. The van der Waals surface area contributed by atoms with Gasteiger partial charge in [0.15, 0.2) is 5.13 Å². The minimum atomic E-state index is -2.77. The van der Waals surface area contributed by atoms with E-state index in [1.54, 1.807) is 0 Å². The Morgan fingerprint density at radius 3 is 2.57 bits per heavy atom. The summed E-state index contributed by atoms with van der Waals surface area (Å²) in [4.78, 5) is 17.1. The first-order valence-corrected chi connectivity index (χ1v) is 7.24. The molecule has 0 saturated heterocycles. The second-order valence-electron chi connectivity index (χ2n) is 4.45. The van der Waals surface area contributed by atoms with Crippen LogP contribution in [0.1, 0.15) is 28.4 Å². The largest absolute Gasteiger partial charge is 0.300 e. The molecule has 0 aliphatic heterocycles. The lowest BCUT2D eigenvalue weighted by molar-refractivity contribution is -0.117. The van der Waals surface area contributed by atoms with Crippen LogP contribution in [0.15, 0.2) is 0 Å². The molecule has 2 heterocycles. The highest BCUT2D eigenvalue weighted by molar-refractivity contribution is 7.15. The third kappa shape index (κ3) is 3.38. The summed E-state index contributed by atoms with van der Waals surface area (Å²) in [6.45, 7) is 5.07. The summed E-state index contributed by atoms with van der Waals surface area (Å²) >= 11 is 7.12. The van der Waals surface area contributed by atoms with Crippen molar-refractivity contribution in [2.45, 2.75) is 33.7 Å². The van der Waals surface area contributed by atoms with E-state index in [0.29, 0.717) is 10.8 Å². The molecule has 0 atom stereocenters. The molecule has 0 aliphatic carbocycles. The molecule has 0 unspecified atom stereocenters. The van der Waals surface area contributed by atoms with Gasteiger partial charge in [0, 0.05) is 4.88 Å². The van der Waals surface area contributed by atoms with E-state index in [4.69, 9.17) is 11.6 Å². The monoisotopic (exact) mass is 334 g/mol. The van der Waals surface area contributed by atoms with Gasteiger partial charge in [0.25, 0.3) is 6.43 Å². The van der Waals surface area contributed by atoms with Crippen molar-refractivity contribution >= 4 is 34.0 Å². The summed E-state index contributed by atoms with van der Waals surface area (Å²) in [5.74, 6) is -0.396. The fourth-order valence-corrected chi connectivity index (χ4v) is 2.71. The Kier molecular flexibility index (Phi) is 4.58. The van der Waals surface area contributed by atoms with Crippen molar-refractivity contribution in [3.63, 3.8) is 0 Å². The van der Waals surface area contributed by atoms with Crippen LogP contribution in [-0.2, 0) is 11.3 Å². The van der Waals surface area contributed by atoms with Crippen molar-refractivity contribution in [3.05, 3.63) is 27.0 Å². The number of aryl methyl sites for hydroxylation is 2. The van der Waals surface area contributed by atoms with Crippen LogP contribution in [0.3, 0.4) is 0 Å². The summed E-state index contributed by atoms with van der Waals surface area (Å²) in [7, 11) is 0. The molecule has 2 rings (SSSR count). The number of hydrogen-bond acceptors (Lipinski definition) is 4. The van der Waals surface area contributed by atoms with E-state index >= 15 is 0 Å². The van der Waals surface area contributed by atoms with Gasteiger partial charge in [-0.1, -0.05) is 11.6 Å². The van der Waals surface area contributed by atoms with Crippen LogP contribution >= 0.6 is 22.9 Å². The molecule has 2 aromatic rings. The van der Waals surface area contributed by atoms with Gasteiger partial charge in [-0.25, -0.2) is 13.8 Å². The van der Waals surface area contributed by atoms with E-state index in [-0.39, 0.29) is 11.6 Å². The summed E-state index contributed by atoms with van der Waals surface area (Å²) in [6, 6.07) is 0. The molecule has 0 bridgehead atoms. The van der Waals surface area contributed by atoms with Crippen molar-refractivity contribution in [1.82, 2.24) is 14.8 Å². The number of thiazole rings is 1. The van der Waals surface area contributed by atoms with Crippen LogP contribution in [0.2, 0.25) is 5.02 Å². The molecule has 0 saturated carbocycles. The molecule has 21 heavy (non-hydrogen) atoms. The van der Waals surface area contributed by atoms with Crippen LogP contribution in [0, 0.1) is 20.8 Å². The van der Waals surface area contributed by atoms with Crippen molar-refractivity contribution in [3.8, 4) is 0 Å². The summed E-state index contributed by atoms with van der Waals surface area (Å²) in [5.41, 5.74) is 0.658. The topological polar surface area (TPSA) is 59.8 Å². The maximum absolute atomic E-state index is 12.7. The summed E-state index contributed by atoms with van der Waals surface area (Å²) in [5, 5.41) is 6.64. The fourth-order valence-electron chi connectivity index (χ4n) is 1.66. The van der Waals surface area contributed by atoms with E-state index in [0.717, 1.165) is 15.3 Å². The van der Waals surface area contributed by atoms with Gasteiger partial charge in [-0.15, -0.1) is 11.3 Å². The minimum Gasteiger partial charge on any atom is -0.300 e. The number of rotatable bonds is 4. The highest BCUT2D eigenvalue weighted by Crippen LogP contribution is 2.28. The van der Waals surface area contributed by atoms with Gasteiger partial charge in [-0.05, 0) is 20.8 Å². The Morgan fingerprint density at radius 1 is 1.43 bits per heavy atom. The van der Waals surface area contributed by atoms with Gasteiger partial charge in [0.05, 0.1) is 16.4 Å². The number of halogens is 3. The normalized spacial score (nSPS) is 11.2.